The predicted octanol–water partition coefficient (Wildman–Crippen LogP) is 1.95. The Morgan fingerprint density at radius 3 is 2.90 bits per heavy atom. The number of nitrogens with zero attached hydrogens (tertiary/aromatic N) is 4. The highest BCUT2D eigenvalue weighted by atomic mass is 16.2. The fourth-order valence-corrected chi connectivity index (χ4v) is 2.30. The largest absolute Gasteiger partial charge is 0.324 e. The van der Waals surface area contributed by atoms with Crippen molar-refractivity contribution in [3.8, 4) is 0 Å². The van der Waals surface area contributed by atoms with Crippen LogP contribution in [0.15, 0.2) is 36.8 Å². The average molecular weight is 271 g/mol. The molecule has 6 heteroatoms. The standard InChI is InChI=1S/C14H17N5O/c20-14(18-7-1-2-8-18)16-13-5-9-19(17-13)11-12-4-3-6-15-10-12/h3-6,9-10H,1-2,7-8,11H2,(H,16,17,20). The molecule has 0 atom stereocenters. The number of hydrogen-bond donors (Lipinski definition) is 1. The third-order valence-corrected chi connectivity index (χ3v) is 3.34. The molecule has 0 bridgehead atoms. The van der Waals surface area contributed by atoms with E-state index in [0.29, 0.717) is 12.4 Å². The minimum absolute atomic E-state index is 0.0610. The van der Waals surface area contributed by atoms with Gasteiger partial charge in [0, 0.05) is 37.7 Å². The van der Waals surface area contributed by atoms with Gasteiger partial charge >= 0.3 is 6.03 Å². The molecular formula is C14H17N5O. The SMILES string of the molecule is O=C(Nc1ccn(Cc2cccnc2)n1)N1CCCC1. The molecule has 0 radical (unpaired) electrons. The van der Waals surface area contributed by atoms with E-state index in [1.54, 1.807) is 10.9 Å². The Balaban J connectivity index is 1.60. The van der Waals surface area contributed by atoms with Crippen LogP contribution in [0.2, 0.25) is 0 Å². The number of anilines is 1. The normalized spacial score (nSPS) is 14.5. The van der Waals surface area contributed by atoms with Gasteiger partial charge in [-0.15, -0.1) is 0 Å². The Morgan fingerprint density at radius 1 is 1.30 bits per heavy atom. The number of urea groups is 1. The van der Waals surface area contributed by atoms with Crippen LogP contribution in [0.4, 0.5) is 10.6 Å². The van der Waals surface area contributed by atoms with Gasteiger partial charge in [0.2, 0.25) is 0 Å². The van der Waals surface area contributed by atoms with Crippen LogP contribution in [0.1, 0.15) is 18.4 Å². The second kappa shape index (κ2) is 5.73. The monoisotopic (exact) mass is 271 g/mol. The predicted molar refractivity (Wildman–Crippen MR) is 75.4 cm³/mol. The second-order valence-corrected chi connectivity index (χ2v) is 4.88. The van der Waals surface area contributed by atoms with Crippen LogP contribution < -0.4 is 5.32 Å². The van der Waals surface area contributed by atoms with Gasteiger partial charge in [-0.25, -0.2) is 4.79 Å². The highest BCUT2D eigenvalue weighted by Gasteiger charge is 2.18. The van der Waals surface area contributed by atoms with Crippen LogP contribution in [0.25, 0.3) is 0 Å². The minimum Gasteiger partial charge on any atom is -0.324 e. The van der Waals surface area contributed by atoms with Crippen LogP contribution in [-0.4, -0.2) is 38.8 Å². The van der Waals surface area contributed by atoms with Crippen molar-refractivity contribution in [2.24, 2.45) is 0 Å². The second-order valence-electron chi connectivity index (χ2n) is 4.88. The lowest BCUT2D eigenvalue weighted by Gasteiger charge is -2.14. The number of carbonyl (C=O) groups excluding carboxylic acids is 1. The van der Waals surface area contributed by atoms with Gasteiger partial charge in [0.15, 0.2) is 5.82 Å². The zero-order chi connectivity index (χ0) is 13.8. The maximum Gasteiger partial charge on any atom is 0.323 e. The molecule has 0 aliphatic carbocycles. The number of aromatic nitrogens is 3. The van der Waals surface area contributed by atoms with Gasteiger partial charge in [-0.2, -0.15) is 5.10 Å². The number of pyridine rings is 1. The van der Waals surface area contributed by atoms with E-state index < -0.39 is 0 Å². The first-order valence-electron chi connectivity index (χ1n) is 6.79. The van der Waals surface area contributed by atoms with Crippen LogP contribution >= 0.6 is 0 Å². The molecular weight excluding hydrogens is 254 g/mol. The van der Waals surface area contributed by atoms with Crippen molar-refractivity contribution in [2.75, 3.05) is 18.4 Å². The van der Waals surface area contributed by atoms with Gasteiger partial charge in [0.1, 0.15) is 0 Å². The molecule has 3 rings (SSSR count). The summed E-state index contributed by atoms with van der Waals surface area (Å²) in [5.74, 6) is 0.589. The van der Waals surface area contributed by atoms with Crippen molar-refractivity contribution >= 4 is 11.8 Å². The Bertz CT molecular complexity index is 574. The fourth-order valence-electron chi connectivity index (χ4n) is 2.30. The first-order valence-corrected chi connectivity index (χ1v) is 6.79. The van der Waals surface area contributed by atoms with E-state index in [4.69, 9.17) is 0 Å². The van der Waals surface area contributed by atoms with Crippen molar-refractivity contribution < 1.29 is 4.79 Å². The number of hydrogen-bond acceptors (Lipinski definition) is 3. The molecule has 1 aliphatic rings. The summed E-state index contributed by atoms with van der Waals surface area (Å²) in [5, 5.41) is 7.18. The van der Waals surface area contributed by atoms with Crippen LogP contribution in [-0.2, 0) is 6.54 Å². The quantitative estimate of drug-likeness (QED) is 0.928. The lowest BCUT2D eigenvalue weighted by Crippen LogP contribution is -2.32. The molecule has 1 N–H and O–H groups in total. The minimum atomic E-state index is -0.0610. The molecule has 104 valence electrons. The molecule has 1 aliphatic heterocycles. The van der Waals surface area contributed by atoms with E-state index in [1.807, 2.05) is 35.5 Å². The Labute approximate surface area is 117 Å². The van der Waals surface area contributed by atoms with Crippen LogP contribution in [0.5, 0.6) is 0 Å². The van der Waals surface area contributed by atoms with E-state index in [2.05, 4.69) is 15.4 Å². The lowest BCUT2D eigenvalue weighted by molar-refractivity contribution is 0.222. The molecule has 0 unspecified atom stereocenters. The van der Waals surface area contributed by atoms with Crippen molar-refractivity contribution in [3.63, 3.8) is 0 Å². The Kier molecular flexibility index (Phi) is 3.62. The number of carbonyl (C=O) groups is 1. The van der Waals surface area contributed by atoms with E-state index >= 15 is 0 Å². The van der Waals surface area contributed by atoms with E-state index in [9.17, 15) is 4.79 Å². The molecule has 2 aromatic heterocycles. The summed E-state index contributed by atoms with van der Waals surface area (Å²) >= 11 is 0. The Hall–Kier alpha value is -2.37. The molecule has 0 saturated carbocycles. The summed E-state index contributed by atoms with van der Waals surface area (Å²) < 4.78 is 1.79. The van der Waals surface area contributed by atoms with Gasteiger partial charge in [-0.05, 0) is 24.5 Å². The summed E-state index contributed by atoms with van der Waals surface area (Å²) in [6, 6.07) is 5.64. The number of amides is 2. The number of rotatable bonds is 3. The van der Waals surface area contributed by atoms with Crippen LogP contribution in [0, 0.1) is 0 Å². The fraction of sp³-hybridized carbons (Fsp3) is 0.357. The van der Waals surface area contributed by atoms with E-state index in [0.717, 1.165) is 31.5 Å². The maximum atomic E-state index is 11.9. The zero-order valence-electron chi connectivity index (χ0n) is 11.2. The van der Waals surface area contributed by atoms with Gasteiger partial charge in [-0.3, -0.25) is 15.0 Å². The molecule has 2 amide bonds. The molecule has 1 saturated heterocycles. The highest BCUT2D eigenvalue weighted by molar-refractivity contribution is 5.88. The average Bonchev–Trinajstić information content (AvgIpc) is 3.11. The highest BCUT2D eigenvalue weighted by Crippen LogP contribution is 2.11. The van der Waals surface area contributed by atoms with Crippen molar-refractivity contribution in [2.45, 2.75) is 19.4 Å². The zero-order valence-corrected chi connectivity index (χ0v) is 11.2. The number of likely N-dealkylation sites (tertiary alicyclic amines) is 1. The summed E-state index contributed by atoms with van der Waals surface area (Å²) in [5.41, 5.74) is 1.08. The first kappa shape index (κ1) is 12.7. The first-order chi connectivity index (χ1) is 9.81. The van der Waals surface area contributed by atoms with Crippen molar-refractivity contribution in [1.29, 1.82) is 0 Å². The van der Waals surface area contributed by atoms with E-state index in [-0.39, 0.29) is 6.03 Å². The van der Waals surface area contributed by atoms with Crippen LogP contribution in [0.3, 0.4) is 0 Å². The third-order valence-electron chi connectivity index (χ3n) is 3.34. The summed E-state index contributed by atoms with van der Waals surface area (Å²) in [4.78, 5) is 17.8. The molecule has 3 heterocycles. The van der Waals surface area contributed by atoms with E-state index in [1.165, 1.54) is 0 Å². The van der Waals surface area contributed by atoms with Crippen molar-refractivity contribution in [1.82, 2.24) is 19.7 Å². The van der Waals surface area contributed by atoms with Crippen molar-refractivity contribution in [3.05, 3.63) is 42.4 Å². The molecule has 20 heavy (non-hydrogen) atoms. The van der Waals surface area contributed by atoms with Gasteiger partial charge in [0.05, 0.1) is 6.54 Å². The van der Waals surface area contributed by atoms with Gasteiger partial charge < -0.3 is 4.90 Å². The molecule has 2 aromatic rings. The summed E-state index contributed by atoms with van der Waals surface area (Å²) in [6.07, 6.45) is 7.58. The smallest absolute Gasteiger partial charge is 0.323 e. The van der Waals surface area contributed by atoms with Gasteiger partial charge in [-0.1, -0.05) is 6.07 Å². The lowest BCUT2D eigenvalue weighted by atomic mass is 10.3. The molecule has 0 spiro atoms. The topological polar surface area (TPSA) is 63.1 Å². The molecule has 6 nitrogen and oxygen atoms in total. The molecule has 1 fully saturated rings. The Morgan fingerprint density at radius 2 is 2.15 bits per heavy atom. The number of nitrogens with one attached hydrogen (secondary N) is 1. The van der Waals surface area contributed by atoms with Gasteiger partial charge in [0.25, 0.3) is 0 Å². The summed E-state index contributed by atoms with van der Waals surface area (Å²) in [7, 11) is 0. The maximum absolute atomic E-state index is 11.9. The molecule has 0 aromatic carbocycles. The summed E-state index contributed by atoms with van der Waals surface area (Å²) in [6.45, 7) is 2.32. The third kappa shape index (κ3) is 2.96.